The largest absolute Gasteiger partial charge is 0.478 e. The zero-order valence-corrected chi connectivity index (χ0v) is 10.8. The van der Waals surface area contributed by atoms with Gasteiger partial charge in [0.05, 0.1) is 4.92 Å². The Morgan fingerprint density at radius 3 is 2.35 bits per heavy atom. The van der Waals surface area contributed by atoms with Gasteiger partial charge in [0, 0.05) is 25.2 Å². The van der Waals surface area contributed by atoms with Gasteiger partial charge in [0.15, 0.2) is 0 Å². The van der Waals surface area contributed by atoms with E-state index in [1.54, 1.807) is 4.90 Å². The van der Waals surface area contributed by atoms with Gasteiger partial charge in [-0.1, -0.05) is 12.8 Å². The first-order valence-corrected chi connectivity index (χ1v) is 6.47. The summed E-state index contributed by atoms with van der Waals surface area (Å²) in [5.74, 6) is -2.45. The van der Waals surface area contributed by atoms with Crippen LogP contribution in [-0.4, -0.2) is 29.1 Å². The van der Waals surface area contributed by atoms with Crippen LogP contribution in [0.1, 0.15) is 36.0 Å². The molecule has 0 radical (unpaired) electrons. The monoisotopic (exact) mass is 282 g/mol. The molecule has 1 aromatic rings. The molecule has 0 aliphatic carbocycles. The standard InChI is InChI=1S/C13H15FN2O4/c14-10-8-11(15-5-3-1-2-4-6-15)12(16(19)20)7-9(10)13(17)18/h7-8H,1-6H2,(H,17,18). The minimum absolute atomic E-state index is 0.166. The number of anilines is 1. The van der Waals surface area contributed by atoms with Gasteiger partial charge in [-0.3, -0.25) is 10.1 Å². The maximum atomic E-state index is 13.8. The number of carbonyl (C=O) groups is 1. The Balaban J connectivity index is 2.47. The summed E-state index contributed by atoms with van der Waals surface area (Å²) in [6.45, 7) is 1.24. The summed E-state index contributed by atoms with van der Waals surface area (Å²) in [4.78, 5) is 23.1. The molecule has 0 atom stereocenters. The fourth-order valence-electron chi connectivity index (χ4n) is 2.43. The summed E-state index contributed by atoms with van der Waals surface area (Å²) in [6.07, 6.45) is 3.86. The van der Waals surface area contributed by atoms with Gasteiger partial charge in [0.1, 0.15) is 17.1 Å². The number of carboxylic acid groups (broad SMARTS) is 1. The lowest BCUT2D eigenvalue weighted by Gasteiger charge is -2.22. The van der Waals surface area contributed by atoms with Gasteiger partial charge in [-0.2, -0.15) is 0 Å². The molecule has 0 spiro atoms. The van der Waals surface area contributed by atoms with E-state index < -0.39 is 22.3 Å². The predicted octanol–water partition coefficient (Wildman–Crippen LogP) is 2.81. The second-order valence-corrected chi connectivity index (χ2v) is 4.78. The molecule has 0 bridgehead atoms. The summed E-state index contributed by atoms with van der Waals surface area (Å²) in [6, 6.07) is 1.77. The number of aromatic carboxylic acids is 1. The van der Waals surface area contributed by atoms with Crippen LogP contribution in [0, 0.1) is 15.9 Å². The van der Waals surface area contributed by atoms with Crippen LogP contribution in [0.25, 0.3) is 0 Å². The van der Waals surface area contributed by atoms with Crippen LogP contribution < -0.4 is 4.90 Å². The molecule has 6 nitrogen and oxygen atoms in total. The average molecular weight is 282 g/mol. The van der Waals surface area contributed by atoms with Gasteiger partial charge >= 0.3 is 5.97 Å². The zero-order valence-electron chi connectivity index (χ0n) is 10.8. The number of halogens is 1. The summed E-state index contributed by atoms with van der Waals surface area (Å²) < 4.78 is 13.8. The van der Waals surface area contributed by atoms with Gasteiger partial charge in [-0.25, -0.2) is 9.18 Å². The van der Waals surface area contributed by atoms with E-state index >= 15 is 0 Å². The molecule has 1 heterocycles. The summed E-state index contributed by atoms with van der Waals surface area (Å²) in [5.41, 5.74) is -0.861. The molecule has 0 amide bonds. The highest BCUT2D eigenvalue weighted by molar-refractivity contribution is 5.90. The van der Waals surface area contributed by atoms with E-state index in [1.807, 2.05) is 0 Å². The van der Waals surface area contributed by atoms with E-state index in [4.69, 9.17) is 5.11 Å². The molecular formula is C13H15FN2O4. The SMILES string of the molecule is O=C(O)c1cc([N+](=O)[O-])c(N2CCCCCC2)cc1F. The lowest BCUT2D eigenvalue weighted by atomic mass is 10.1. The number of nitrogens with zero attached hydrogens (tertiary/aromatic N) is 2. The van der Waals surface area contributed by atoms with Gasteiger partial charge in [0.2, 0.25) is 0 Å². The number of hydrogen-bond acceptors (Lipinski definition) is 4. The Hall–Kier alpha value is -2.18. The third-order valence-electron chi connectivity index (χ3n) is 3.44. The Morgan fingerprint density at radius 1 is 1.25 bits per heavy atom. The van der Waals surface area contributed by atoms with E-state index in [0.29, 0.717) is 13.1 Å². The van der Waals surface area contributed by atoms with E-state index in [1.165, 1.54) is 0 Å². The van der Waals surface area contributed by atoms with E-state index in [0.717, 1.165) is 37.8 Å². The van der Waals surface area contributed by atoms with Gasteiger partial charge in [-0.05, 0) is 12.8 Å². The maximum absolute atomic E-state index is 13.8. The Bertz CT molecular complexity index is 539. The molecule has 1 aromatic carbocycles. The highest BCUT2D eigenvalue weighted by atomic mass is 19.1. The average Bonchev–Trinajstić information content (AvgIpc) is 2.66. The van der Waals surface area contributed by atoms with Crippen molar-refractivity contribution in [3.63, 3.8) is 0 Å². The topological polar surface area (TPSA) is 83.7 Å². The molecule has 0 unspecified atom stereocenters. The van der Waals surface area contributed by atoms with Crippen LogP contribution in [-0.2, 0) is 0 Å². The van der Waals surface area contributed by atoms with Crippen molar-refractivity contribution in [2.75, 3.05) is 18.0 Å². The summed E-state index contributed by atoms with van der Waals surface area (Å²) in [7, 11) is 0. The molecule has 1 N–H and O–H groups in total. The fraction of sp³-hybridized carbons (Fsp3) is 0.462. The lowest BCUT2D eigenvalue weighted by Crippen LogP contribution is -2.25. The van der Waals surface area contributed by atoms with Crippen molar-refractivity contribution in [2.24, 2.45) is 0 Å². The van der Waals surface area contributed by atoms with Gasteiger partial charge < -0.3 is 10.0 Å². The predicted molar refractivity (Wildman–Crippen MR) is 70.7 cm³/mol. The van der Waals surface area contributed by atoms with Crippen LogP contribution >= 0.6 is 0 Å². The van der Waals surface area contributed by atoms with Gasteiger partial charge in [0.25, 0.3) is 5.69 Å². The first-order chi connectivity index (χ1) is 9.50. The van der Waals surface area contributed by atoms with Crippen LogP contribution in [0.2, 0.25) is 0 Å². The maximum Gasteiger partial charge on any atom is 0.338 e. The Morgan fingerprint density at radius 2 is 1.85 bits per heavy atom. The minimum Gasteiger partial charge on any atom is -0.478 e. The number of carboxylic acids is 1. The highest BCUT2D eigenvalue weighted by Crippen LogP contribution is 2.32. The van der Waals surface area contributed by atoms with E-state index in [-0.39, 0.29) is 11.4 Å². The summed E-state index contributed by atoms with van der Waals surface area (Å²) in [5, 5.41) is 19.9. The molecule has 1 aliphatic heterocycles. The second kappa shape index (κ2) is 5.85. The first-order valence-electron chi connectivity index (χ1n) is 6.47. The summed E-state index contributed by atoms with van der Waals surface area (Å²) >= 11 is 0. The molecule has 108 valence electrons. The molecule has 0 saturated carbocycles. The second-order valence-electron chi connectivity index (χ2n) is 4.78. The first kappa shape index (κ1) is 14.2. The Kier molecular flexibility index (Phi) is 4.16. The van der Waals surface area contributed by atoms with Crippen LogP contribution in [0.4, 0.5) is 15.8 Å². The lowest BCUT2D eigenvalue weighted by molar-refractivity contribution is -0.384. The third-order valence-corrected chi connectivity index (χ3v) is 3.44. The van der Waals surface area contributed by atoms with Crippen LogP contribution in [0.3, 0.4) is 0 Å². The van der Waals surface area contributed by atoms with Crippen molar-refractivity contribution in [3.8, 4) is 0 Å². The van der Waals surface area contributed by atoms with E-state index in [2.05, 4.69) is 0 Å². The van der Waals surface area contributed by atoms with Crippen molar-refractivity contribution in [1.82, 2.24) is 0 Å². The van der Waals surface area contributed by atoms with Crippen LogP contribution in [0.15, 0.2) is 12.1 Å². The highest BCUT2D eigenvalue weighted by Gasteiger charge is 2.25. The number of nitro groups is 1. The molecular weight excluding hydrogens is 267 g/mol. The number of rotatable bonds is 3. The smallest absolute Gasteiger partial charge is 0.338 e. The van der Waals surface area contributed by atoms with Crippen molar-refractivity contribution in [2.45, 2.75) is 25.7 Å². The third kappa shape index (κ3) is 2.87. The minimum atomic E-state index is -1.51. The van der Waals surface area contributed by atoms with Crippen molar-refractivity contribution in [3.05, 3.63) is 33.6 Å². The van der Waals surface area contributed by atoms with E-state index in [9.17, 15) is 19.3 Å². The quantitative estimate of drug-likeness (QED) is 0.680. The van der Waals surface area contributed by atoms with Crippen molar-refractivity contribution >= 4 is 17.3 Å². The number of hydrogen-bond donors (Lipinski definition) is 1. The van der Waals surface area contributed by atoms with Gasteiger partial charge in [-0.15, -0.1) is 0 Å². The molecule has 20 heavy (non-hydrogen) atoms. The zero-order chi connectivity index (χ0) is 14.7. The Labute approximate surface area is 115 Å². The number of benzene rings is 1. The van der Waals surface area contributed by atoms with Crippen molar-refractivity contribution in [1.29, 1.82) is 0 Å². The molecule has 2 rings (SSSR count). The molecule has 1 saturated heterocycles. The van der Waals surface area contributed by atoms with Crippen LogP contribution in [0.5, 0.6) is 0 Å². The van der Waals surface area contributed by atoms with Crippen molar-refractivity contribution < 1.29 is 19.2 Å². The molecule has 1 fully saturated rings. The molecule has 7 heteroatoms. The molecule has 0 aromatic heterocycles. The molecule has 1 aliphatic rings. The fourth-order valence-corrected chi connectivity index (χ4v) is 2.43. The number of nitro benzene ring substituents is 1. The normalized spacial score (nSPS) is 15.8.